The number of pyridine rings is 1. The summed E-state index contributed by atoms with van der Waals surface area (Å²) in [6.07, 6.45) is 3.42. The number of nitrogens with zero attached hydrogens (tertiary/aromatic N) is 3. The number of anilines is 1. The van der Waals surface area contributed by atoms with Crippen LogP contribution in [0.4, 0.5) is 5.82 Å². The molecule has 1 aliphatic heterocycles. The average molecular weight is 274 g/mol. The number of piperazine rings is 1. The van der Waals surface area contributed by atoms with Gasteiger partial charge in [-0.15, -0.1) is 0 Å². The Bertz CT molecular complexity index is 497. The van der Waals surface area contributed by atoms with E-state index < -0.39 is 0 Å². The van der Waals surface area contributed by atoms with Crippen molar-refractivity contribution in [3.05, 3.63) is 23.4 Å². The van der Waals surface area contributed by atoms with Gasteiger partial charge < -0.3 is 15.1 Å². The van der Waals surface area contributed by atoms with Gasteiger partial charge in [0.2, 0.25) is 5.91 Å². The maximum atomic E-state index is 12.2. The third-order valence-electron chi connectivity index (χ3n) is 4.15. The van der Waals surface area contributed by atoms with Crippen molar-refractivity contribution in [3.8, 4) is 0 Å². The summed E-state index contributed by atoms with van der Waals surface area (Å²) >= 11 is 0. The topological polar surface area (TPSA) is 48.5 Å². The van der Waals surface area contributed by atoms with Crippen molar-refractivity contribution in [2.75, 3.05) is 44.7 Å². The monoisotopic (exact) mass is 274 g/mol. The number of nitrogens with one attached hydrogen (secondary N) is 1. The number of hydrogen-bond acceptors (Lipinski definition) is 4. The van der Waals surface area contributed by atoms with Crippen molar-refractivity contribution in [1.82, 2.24) is 15.2 Å². The Kier molecular flexibility index (Phi) is 3.87. The molecule has 0 aromatic carbocycles. The lowest BCUT2D eigenvalue weighted by Crippen LogP contribution is -2.49. The lowest BCUT2D eigenvalue weighted by Gasteiger charge is -2.29. The minimum Gasteiger partial charge on any atom is -0.350 e. The molecule has 0 bridgehead atoms. The Morgan fingerprint density at radius 3 is 2.95 bits per heavy atom. The van der Waals surface area contributed by atoms with Crippen molar-refractivity contribution < 1.29 is 4.79 Å². The lowest BCUT2D eigenvalue weighted by atomic mass is 10.2. The fourth-order valence-electron chi connectivity index (χ4n) is 2.92. The minimum atomic E-state index is 0.191. The number of amides is 1. The van der Waals surface area contributed by atoms with Gasteiger partial charge in [-0.25, -0.2) is 4.98 Å². The van der Waals surface area contributed by atoms with Crippen LogP contribution in [-0.4, -0.2) is 55.6 Å². The molecule has 1 amide bonds. The number of carbonyl (C=O) groups excluding carboxylic acids is 1. The number of hydrogen-bond donors (Lipinski definition) is 1. The fraction of sp³-hybridized carbons (Fsp3) is 0.600. The first kappa shape index (κ1) is 13.4. The highest BCUT2D eigenvalue weighted by atomic mass is 16.2. The first-order valence-corrected chi connectivity index (χ1v) is 7.42. The van der Waals surface area contributed by atoms with E-state index in [1.54, 1.807) is 0 Å². The van der Waals surface area contributed by atoms with Crippen molar-refractivity contribution in [3.63, 3.8) is 0 Å². The SMILES string of the molecule is CN(CC(=O)N1CCNCC1)c1ccc2c(n1)CCC2. The van der Waals surface area contributed by atoms with Gasteiger partial charge in [0.15, 0.2) is 0 Å². The highest BCUT2D eigenvalue weighted by molar-refractivity contribution is 5.81. The van der Waals surface area contributed by atoms with E-state index in [0.717, 1.165) is 44.8 Å². The second-order valence-electron chi connectivity index (χ2n) is 5.62. The molecule has 1 aromatic rings. The fourth-order valence-corrected chi connectivity index (χ4v) is 2.92. The number of likely N-dealkylation sites (N-methyl/N-ethyl adjacent to an activating group) is 1. The number of rotatable bonds is 3. The van der Waals surface area contributed by atoms with E-state index in [9.17, 15) is 4.79 Å². The standard InChI is InChI=1S/C15H22N4O/c1-18(11-15(20)19-9-7-16-8-10-19)14-6-5-12-3-2-4-13(12)17-14/h5-6,16H,2-4,7-11H2,1H3. The number of aryl methyl sites for hydroxylation is 2. The molecule has 2 aliphatic rings. The predicted molar refractivity (Wildman–Crippen MR) is 79.0 cm³/mol. The molecule has 20 heavy (non-hydrogen) atoms. The molecule has 0 saturated carbocycles. The van der Waals surface area contributed by atoms with Crippen LogP contribution in [0.2, 0.25) is 0 Å². The molecule has 0 spiro atoms. The molecular formula is C15H22N4O. The van der Waals surface area contributed by atoms with Crippen LogP contribution in [0.5, 0.6) is 0 Å². The van der Waals surface area contributed by atoms with Gasteiger partial charge in [0.1, 0.15) is 5.82 Å². The van der Waals surface area contributed by atoms with Gasteiger partial charge in [0.05, 0.1) is 6.54 Å². The molecule has 5 heteroatoms. The molecule has 1 fully saturated rings. The molecule has 1 saturated heterocycles. The van der Waals surface area contributed by atoms with E-state index >= 15 is 0 Å². The quantitative estimate of drug-likeness (QED) is 0.869. The summed E-state index contributed by atoms with van der Waals surface area (Å²) in [5.74, 6) is 1.10. The molecule has 1 aliphatic carbocycles. The molecule has 0 unspecified atom stereocenters. The van der Waals surface area contributed by atoms with Crippen LogP contribution in [0.3, 0.4) is 0 Å². The highest BCUT2D eigenvalue weighted by Crippen LogP contribution is 2.22. The van der Waals surface area contributed by atoms with Gasteiger partial charge in [0, 0.05) is 38.9 Å². The molecular weight excluding hydrogens is 252 g/mol. The molecule has 1 aromatic heterocycles. The summed E-state index contributed by atoms with van der Waals surface area (Å²) in [7, 11) is 1.95. The van der Waals surface area contributed by atoms with Crippen LogP contribution in [0.25, 0.3) is 0 Å². The third kappa shape index (κ3) is 2.77. The summed E-state index contributed by atoms with van der Waals surface area (Å²) in [4.78, 5) is 20.8. The predicted octanol–water partition coefficient (Wildman–Crippen LogP) is 0.438. The van der Waals surface area contributed by atoms with Crippen LogP contribution < -0.4 is 10.2 Å². The lowest BCUT2D eigenvalue weighted by molar-refractivity contribution is -0.130. The van der Waals surface area contributed by atoms with Gasteiger partial charge in [-0.05, 0) is 30.9 Å². The Hall–Kier alpha value is -1.62. The Balaban J connectivity index is 1.63. The van der Waals surface area contributed by atoms with E-state index in [2.05, 4.69) is 11.4 Å². The summed E-state index contributed by atoms with van der Waals surface area (Å²) in [5, 5.41) is 3.26. The van der Waals surface area contributed by atoms with E-state index in [-0.39, 0.29) is 5.91 Å². The van der Waals surface area contributed by atoms with Crippen LogP contribution >= 0.6 is 0 Å². The maximum Gasteiger partial charge on any atom is 0.242 e. The zero-order valence-electron chi connectivity index (χ0n) is 12.1. The zero-order valence-corrected chi connectivity index (χ0v) is 12.1. The summed E-state index contributed by atoms with van der Waals surface area (Å²) in [6, 6.07) is 4.20. The number of carbonyl (C=O) groups is 1. The smallest absolute Gasteiger partial charge is 0.242 e. The van der Waals surface area contributed by atoms with Crippen molar-refractivity contribution in [2.45, 2.75) is 19.3 Å². The van der Waals surface area contributed by atoms with Crippen LogP contribution in [0.15, 0.2) is 12.1 Å². The van der Waals surface area contributed by atoms with Gasteiger partial charge in [0.25, 0.3) is 0 Å². The van der Waals surface area contributed by atoms with Crippen molar-refractivity contribution >= 4 is 11.7 Å². The largest absolute Gasteiger partial charge is 0.350 e. The number of aromatic nitrogens is 1. The normalized spacial score (nSPS) is 17.9. The van der Waals surface area contributed by atoms with E-state index in [1.165, 1.54) is 17.7 Å². The zero-order chi connectivity index (χ0) is 13.9. The van der Waals surface area contributed by atoms with Gasteiger partial charge in [-0.1, -0.05) is 6.07 Å². The summed E-state index contributed by atoms with van der Waals surface area (Å²) in [5.41, 5.74) is 2.58. The first-order chi connectivity index (χ1) is 9.74. The van der Waals surface area contributed by atoms with Crippen LogP contribution in [0.1, 0.15) is 17.7 Å². The molecule has 1 N–H and O–H groups in total. The van der Waals surface area contributed by atoms with Gasteiger partial charge in [-0.2, -0.15) is 0 Å². The van der Waals surface area contributed by atoms with Crippen molar-refractivity contribution in [2.24, 2.45) is 0 Å². The summed E-state index contributed by atoms with van der Waals surface area (Å²) in [6.45, 7) is 3.82. The third-order valence-corrected chi connectivity index (χ3v) is 4.15. The van der Waals surface area contributed by atoms with Crippen LogP contribution in [-0.2, 0) is 17.6 Å². The van der Waals surface area contributed by atoms with E-state index in [1.807, 2.05) is 22.9 Å². The maximum absolute atomic E-state index is 12.2. The second-order valence-corrected chi connectivity index (χ2v) is 5.62. The van der Waals surface area contributed by atoms with E-state index in [4.69, 9.17) is 4.98 Å². The van der Waals surface area contributed by atoms with Crippen LogP contribution in [0, 0.1) is 0 Å². The van der Waals surface area contributed by atoms with Crippen molar-refractivity contribution in [1.29, 1.82) is 0 Å². The molecule has 108 valence electrons. The molecule has 0 radical (unpaired) electrons. The Morgan fingerprint density at radius 2 is 2.15 bits per heavy atom. The second kappa shape index (κ2) is 5.79. The Morgan fingerprint density at radius 1 is 1.35 bits per heavy atom. The van der Waals surface area contributed by atoms with E-state index in [0.29, 0.717) is 6.54 Å². The summed E-state index contributed by atoms with van der Waals surface area (Å²) < 4.78 is 0. The molecule has 0 atom stereocenters. The first-order valence-electron chi connectivity index (χ1n) is 7.42. The van der Waals surface area contributed by atoms with Gasteiger partial charge >= 0.3 is 0 Å². The highest BCUT2D eigenvalue weighted by Gasteiger charge is 2.19. The molecule has 3 rings (SSSR count). The average Bonchev–Trinajstić information content (AvgIpc) is 2.95. The van der Waals surface area contributed by atoms with Gasteiger partial charge in [-0.3, -0.25) is 4.79 Å². The number of fused-ring (bicyclic) bond motifs is 1. The Labute approximate surface area is 120 Å². The minimum absolute atomic E-state index is 0.191. The molecule has 2 heterocycles. The molecule has 5 nitrogen and oxygen atoms in total.